The van der Waals surface area contributed by atoms with E-state index in [2.05, 4.69) is 26.2 Å². The van der Waals surface area contributed by atoms with Crippen LogP contribution in [0.5, 0.6) is 0 Å². The highest BCUT2D eigenvalue weighted by Crippen LogP contribution is 2.09. The number of nitrogens with two attached hydrogens (primary N) is 1. The van der Waals surface area contributed by atoms with Gasteiger partial charge in [0.25, 0.3) is 5.91 Å². The lowest BCUT2D eigenvalue weighted by molar-refractivity contribution is -0.140. The third-order valence-corrected chi connectivity index (χ3v) is 2.41. The van der Waals surface area contributed by atoms with Crippen LogP contribution in [0.2, 0.25) is 0 Å². The lowest BCUT2D eigenvalue weighted by Crippen LogP contribution is -2.43. The monoisotopic (exact) mass is 315 g/mol. The average Bonchev–Trinajstić information content (AvgIpc) is 2.27. The van der Waals surface area contributed by atoms with Crippen molar-refractivity contribution < 1.29 is 19.5 Å². The summed E-state index contributed by atoms with van der Waals surface area (Å²) in [6, 6.07) is 0.125. The molecule has 96 valence electrons. The van der Waals surface area contributed by atoms with Gasteiger partial charge in [-0.05, 0) is 22.0 Å². The third-order valence-electron chi connectivity index (χ3n) is 1.98. The van der Waals surface area contributed by atoms with Crippen LogP contribution in [0.15, 0.2) is 22.9 Å². The fourth-order valence-corrected chi connectivity index (χ4v) is 1.54. The van der Waals surface area contributed by atoms with Crippen LogP contribution in [0.4, 0.5) is 0 Å². The van der Waals surface area contributed by atoms with Gasteiger partial charge < -0.3 is 16.2 Å². The first-order valence-electron chi connectivity index (χ1n) is 4.82. The SMILES string of the molecule is NC(=O)C[C@@H](NC(=O)c1cncc(Br)c1)C(=O)O. The Labute approximate surface area is 111 Å². The van der Waals surface area contributed by atoms with Gasteiger partial charge in [-0.25, -0.2) is 4.79 Å². The van der Waals surface area contributed by atoms with E-state index in [4.69, 9.17) is 10.8 Å². The largest absolute Gasteiger partial charge is 0.480 e. The number of amides is 2. The van der Waals surface area contributed by atoms with Crippen molar-refractivity contribution in [2.24, 2.45) is 5.73 Å². The lowest BCUT2D eigenvalue weighted by Gasteiger charge is -2.12. The van der Waals surface area contributed by atoms with E-state index >= 15 is 0 Å². The minimum Gasteiger partial charge on any atom is -0.480 e. The molecule has 1 rings (SSSR count). The van der Waals surface area contributed by atoms with Crippen molar-refractivity contribution in [1.29, 1.82) is 0 Å². The summed E-state index contributed by atoms with van der Waals surface area (Å²) in [7, 11) is 0. The summed E-state index contributed by atoms with van der Waals surface area (Å²) >= 11 is 3.13. The highest BCUT2D eigenvalue weighted by Gasteiger charge is 2.22. The molecule has 18 heavy (non-hydrogen) atoms. The maximum absolute atomic E-state index is 11.7. The van der Waals surface area contributed by atoms with Crippen molar-refractivity contribution in [2.45, 2.75) is 12.5 Å². The second-order valence-corrected chi connectivity index (χ2v) is 4.34. The zero-order valence-corrected chi connectivity index (χ0v) is 10.7. The van der Waals surface area contributed by atoms with Gasteiger partial charge in [0.1, 0.15) is 6.04 Å². The van der Waals surface area contributed by atoms with Gasteiger partial charge in [0.05, 0.1) is 12.0 Å². The van der Waals surface area contributed by atoms with E-state index in [9.17, 15) is 14.4 Å². The normalized spacial score (nSPS) is 11.6. The maximum atomic E-state index is 11.7. The van der Waals surface area contributed by atoms with Gasteiger partial charge >= 0.3 is 5.97 Å². The van der Waals surface area contributed by atoms with Crippen molar-refractivity contribution in [3.63, 3.8) is 0 Å². The third kappa shape index (κ3) is 4.13. The summed E-state index contributed by atoms with van der Waals surface area (Å²) < 4.78 is 0.580. The number of carbonyl (C=O) groups excluding carboxylic acids is 2. The highest BCUT2D eigenvalue weighted by atomic mass is 79.9. The van der Waals surface area contributed by atoms with Gasteiger partial charge in [-0.3, -0.25) is 14.6 Å². The summed E-state index contributed by atoms with van der Waals surface area (Å²) in [6.07, 6.45) is 2.29. The number of nitrogens with one attached hydrogen (secondary N) is 1. The first-order chi connectivity index (χ1) is 8.40. The van der Waals surface area contributed by atoms with Gasteiger partial charge in [0.15, 0.2) is 0 Å². The summed E-state index contributed by atoms with van der Waals surface area (Å²) in [5.41, 5.74) is 5.08. The number of pyridine rings is 1. The average molecular weight is 316 g/mol. The Morgan fingerprint density at radius 3 is 2.61 bits per heavy atom. The molecule has 0 saturated carbocycles. The van der Waals surface area contributed by atoms with Crippen LogP contribution >= 0.6 is 15.9 Å². The quantitative estimate of drug-likeness (QED) is 0.700. The maximum Gasteiger partial charge on any atom is 0.326 e. The van der Waals surface area contributed by atoms with Crippen molar-refractivity contribution in [1.82, 2.24) is 10.3 Å². The predicted octanol–water partition coefficient (Wildman–Crippen LogP) is -0.0975. The number of halogens is 1. The molecule has 1 aromatic rings. The smallest absolute Gasteiger partial charge is 0.326 e. The molecule has 0 aliphatic heterocycles. The number of carboxylic acid groups (broad SMARTS) is 1. The molecule has 0 fully saturated rings. The number of nitrogens with zero attached hydrogens (tertiary/aromatic N) is 1. The van der Waals surface area contributed by atoms with Crippen molar-refractivity contribution in [3.8, 4) is 0 Å². The summed E-state index contributed by atoms with van der Waals surface area (Å²) in [5.74, 6) is -2.78. The number of aromatic nitrogens is 1. The van der Waals surface area contributed by atoms with Gasteiger partial charge in [-0.2, -0.15) is 0 Å². The Balaban J connectivity index is 2.78. The molecule has 0 radical (unpaired) electrons. The Bertz CT molecular complexity index is 492. The molecule has 8 heteroatoms. The van der Waals surface area contributed by atoms with E-state index in [1.807, 2.05) is 0 Å². The van der Waals surface area contributed by atoms with E-state index in [-0.39, 0.29) is 5.56 Å². The van der Waals surface area contributed by atoms with Crippen LogP contribution < -0.4 is 11.1 Å². The number of carbonyl (C=O) groups is 3. The highest BCUT2D eigenvalue weighted by molar-refractivity contribution is 9.10. The topological polar surface area (TPSA) is 122 Å². The zero-order chi connectivity index (χ0) is 13.7. The van der Waals surface area contributed by atoms with Crippen molar-refractivity contribution in [3.05, 3.63) is 28.5 Å². The molecule has 7 nitrogen and oxygen atoms in total. The first-order valence-corrected chi connectivity index (χ1v) is 5.62. The minimum atomic E-state index is -1.35. The lowest BCUT2D eigenvalue weighted by atomic mass is 10.2. The van der Waals surface area contributed by atoms with E-state index in [1.54, 1.807) is 0 Å². The number of rotatable bonds is 5. The Morgan fingerprint density at radius 1 is 1.44 bits per heavy atom. The van der Waals surface area contributed by atoms with Crippen molar-refractivity contribution in [2.75, 3.05) is 0 Å². The molecular weight excluding hydrogens is 306 g/mol. The molecule has 0 aromatic carbocycles. The summed E-state index contributed by atoms with van der Waals surface area (Å²) in [4.78, 5) is 37.0. The van der Waals surface area contributed by atoms with Crippen LogP contribution in [0.1, 0.15) is 16.8 Å². The molecule has 0 aliphatic rings. The number of aliphatic carboxylic acids is 1. The van der Waals surface area contributed by atoms with Gasteiger partial charge in [-0.1, -0.05) is 0 Å². The standard InChI is InChI=1S/C10H10BrN3O4/c11-6-1-5(3-13-4-6)9(16)14-7(10(17)18)2-8(12)15/h1,3-4,7H,2H2,(H2,12,15)(H,14,16)(H,17,18)/t7-/m1/s1. The van der Waals surface area contributed by atoms with E-state index < -0.39 is 30.2 Å². The molecule has 0 aliphatic carbocycles. The molecular formula is C10H10BrN3O4. The van der Waals surface area contributed by atoms with Crippen LogP contribution in [0, 0.1) is 0 Å². The van der Waals surface area contributed by atoms with Gasteiger partial charge in [-0.15, -0.1) is 0 Å². The van der Waals surface area contributed by atoms with E-state index in [0.717, 1.165) is 0 Å². The molecule has 1 aromatic heterocycles. The van der Waals surface area contributed by atoms with Crippen LogP contribution in [0.25, 0.3) is 0 Å². The molecule has 0 saturated heterocycles. The Morgan fingerprint density at radius 2 is 2.11 bits per heavy atom. The van der Waals surface area contributed by atoms with Crippen LogP contribution in [-0.4, -0.2) is 33.9 Å². The van der Waals surface area contributed by atoms with Crippen LogP contribution in [-0.2, 0) is 9.59 Å². The van der Waals surface area contributed by atoms with Gasteiger partial charge in [0, 0.05) is 16.9 Å². The van der Waals surface area contributed by atoms with E-state index in [0.29, 0.717) is 4.47 Å². The number of primary amides is 1. The number of hydrogen-bond donors (Lipinski definition) is 3. The fourth-order valence-electron chi connectivity index (χ4n) is 1.18. The first kappa shape index (κ1) is 14.1. The van der Waals surface area contributed by atoms with Crippen LogP contribution in [0.3, 0.4) is 0 Å². The predicted molar refractivity (Wildman–Crippen MR) is 64.6 cm³/mol. The zero-order valence-electron chi connectivity index (χ0n) is 9.09. The van der Waals surface area contributed by atoms with E-state index in [1.165, 1.54) is 18.5 Å². The number of carboxylic acids is 1. The fraction of sp³-hybridized carbons (Fsp3) is 0.200. The molecule has 1 heterocycles. The summed E-state index contributed by atoms with van der Waals surface area (Å²) in [6.45, 7) is 0. The Hall–Kier alpha value is -1.96. The molecule has 0 bridgehead atoms. The second kappa shape index (κ2) is 6.10. The molecule has 0 spiro atoms. The van der Waals surface area contributed by atoms with Crippen molar-refractivity contribution >= 4 is 33.7 Å². The Kier molecular flexibility index (Phi) is 4.78. The molecule has 1 atom stereocenters. The minimum absolute atomic E-state index is 0.181. The summed E-state index contributed by atoms with van der Waals surface area (Å²) in [5, 5.41) is 11.0. The number of hydrogen-bond acceptors (Lipinski definition) is 4. The molecule has 0 unspecified atom stereocenters. The molecule has 2 amide bonds. The second-order valence-electron chi connectivity index (χ2n) is 3.43. The van der Waals surface area contributed by atoms with Gasteiger partial charge in [0.2, 0.25) is 5.91 Å². The molecule has 4 N–H and O–H groups in total.